The van der Waals surface area contributed by atoms with Gasteiger partial charge in [0.15, 0.2) is 0 Å². The van der Waals surface area contributed by atoms with Crippen LogP contribution in [0.25, 0.3) is 0 Å². The van der Waals surface area contributed by atoms with Gasteiger partial charge in [-0.2, -0.15) is 0 Å². The van der Waals surface area contributed by atoms with Crippen LogP contribution in [-0.2, 0) is 11.3 Å². The summed E-state index contributed by atoms with van der Waals surface area (Å²) in [6, 6.07) is 12.7. The van der Waals surface area contributed by atoms with Crippen LogP contribution in [0, 0.1) is 0 Å². The molecule has 2 N–H and O–H groups in total. The summed E-state index contributed by atoms with van der Waals surface area (Å²) >= 11 is 0. The largest absolute Gasteiger partial charge is 0.467 e. The van der Waals surface area contributed by atoms with E-state index < -0.39 is 6.10 Å². The number of nitrogens with one attached hydrogen (secondary N) is 1. The van der Waals surface area contributed by atoms with Gasteiger partial charge in [-0.3, -0.25) is 0 Å². The van der Waals surface area contributed by atoms with Gasteiger partial charge < -0.3 is 24.5 Å². The second-order valence-electron chi connectivity index (χ2n) is 5.82. The summed E-state index contributed by atoms with van der Waals surface area (Å²) in [4.78, 5) is 14.2. The van der Waals surface area contributed by atoms with E-state index in [9.17, 15) is 9.90 Å². The van der Waals surface area contributed by atoms with Crippen molar-refractivity contribution < 1.29 is 19.1 Å². The van der Waals surface area contributed by atoms with Crippen molar-refractivity contribution in [1.82, 2.24) is 10.2 Å². The van der Waals surface area contributed by atoms with Gasteiger partial charge in [0, 0.05) is 13.0 Å². The summed E-state index contributed by atoms with van der Waals surface area (Å²) in [5.41, 5.74) is 0.846. The van der Waals surface area contributed by atoms with Crippen LogP contribution in [-0.4, -0.2) is 41.8 Å². The number of hydrogen-bond acceptors (Lipinski definition) is 4. The molecule has 1 aliphatic rings. The Morgan fingerprint density at radius 2 is 2.12 bits per heavy atom. The highest BCUT2D eigenvalue weighted by atomic mass is 16.5. The van der Waals surface area contributed by atoms with Crippen molar-refractivity contribution in [2.45, 2.75) is 25.1 Å². The Kier molecular flexibility index (Phi) is 5.51. The van der Waals surface area contributed by atoms with E-state index >= 15 is 0 Å². The molecule has 2 atom stereocenters. The topological polar surface area (TPSA) is 74.9 Å². The zero-order chi connectivity index (χ0) is 16.8. The van der Waals surface area contributed by atoms with Crippen molar-refractivity contribution >= 4 is 6.03 Å². The molecule has 3 rings (SSSR count). The third-order valence-corrected chi connectivity index (χ3v) is 4.16. The van der Waals surface area contributed by atoms with Crippen LogP contribution >= 0.6 is 0 Å². The van der Waals surface area contributed by atoms with Gasteiger partial charge in [-0.15, -0.1) is 0 Å². The molecule has 2 aromatic rings. The third kappa shape index (κ3) is 4.15. The van der Waals surface area contributed by atoms with Gasteiger partial charge in [0.05, 0.1) is 38.2 Å². The fraction of sp³-hybridized carbons (Fsp3) is 0.389. The van der Waals surface area contributed by atoms with E-state index in [-0.39, 0.29) is 12.1 Å². The van der Waals surface area contributed by atoms with Crippen LogP contribution in [0.2, 0.25) is 0 Å². The Balaban J connectivity index is 1.59. The second kappa shape index (κ2) is 7.99. The SMILES string of the molecule is O=C(NCc1ccco1)N1CCOCC1CC(O)c1ccccc1. The maximum absolute atomic E-state index is 12.5. The van der Waals surface area contributed by atoms with E-state index in [0.29, 0.717) is 38.5 Å². The van der Waals surface area contributed by atoms with Gasteiger partial charge in [-0.05, 0) is 17.7 Å². The number of amides is 2. The Labute approximate surface area is 141 Å². The molecule has 0 radical (unpaired) electrons. The summed E-state index contributed by atoms with van der Waals surface area (Å²) in [6.07, 6.45) is 1.39. The molecule has 0 bridgehead atoms. The molecule has 0 aliphatic carbocycles. The first-order valence-electron chi connectivity index (χ1n) is 8.11. The molecule has 1 saturated heterocycles. The molecule has 0 spiro atoms. The lowest BCUT2D eigenvalue weighted by Gasteiger charge is -2.36. The Bertz CT molecular complexity index is 630. The van der Waals surface area contributed by atoms with E-state index in [2.05, 4.69) is 5.32 Å². The van der Waals surface area contributed by atoms with Gasteiger partial charge in [-0.25, -0.2) is 4.79 Å². The second-order valence-corrected chi connectivity index (χ2v) is 5.82. The number of nitrogens with zero attached hydrogens (tertiary/aromatic N) is 1. The normalized spacial score (nSPS) is 19.0. The molecule has 24 heavy (non-hydrogen) atoms. The first kappa shape index (κ1) is 16.5. The number of rotatable bonds is 5. The molecular formula is C18H22N2O4. The number of carbonyl (C=O) groups excluding carboxylic acids is 1. The Hall–Kier alpha value is -2.31. The lowest BCUT2D eigenvalue weighted by atomic mass is 10.0. The van der Waals surface area contributed by atoms with Crippen molar-refractivity contribution in [2.75, 3.05) is 19.8 Å². The lowest BCUT2D eigenvalue weighted by molar-refractivity contribution is -0.00705. The quantitative estimate of drug-likeness (QED) is 0.882. The molecule has 128 valence electrons. The summed E-state index contributed by atoms with van der Waals surface area (Å²) in [5, 5.41) is 13.3. The number of carbonyl (C=O) groups is 1. The summed E-state index contributed by atoms with van der Waals surface area (Å²) < 4.78 is 10.7. The molecule has 2 unspecified atom stereocenters. The third-order valence-electron chi connectivity index (χ3n) is 4.16. The maximum Gasteiger partial charge on any atom is 0.318 e. The first-order chi connectivity index (χ1) is 11.7. The summed E-state index contributed by atoms with van der Waals surface area (Å²) in [7, 11) is 0. The van der Waals surface area contributed by atoms with Crippen LogP contribution in [0.4, 0.5) is 4.79 Å². The minimum atomic E-state index is -0.627. The molecule has 1 fully saturated rings. The van der Waals surface area contributed by atoms with Crippen LogP contribution in [0.15, 0.2) is 53.1 Å². The molecule has 6 heteroatoms. The van der Waals surface area contributed by atoms with E-state index in [1.807, 2.05) is 36.4 Å². The van der Waals surface area contributed by atoms with Crippen molar-refractivity contribution in [1.29, 1.82) is 0 Å². The highest BCUT2D eigenvalue weighted by molar-refractivity contribution is 5.74. The van der Waals surface area contributed by atoms with Gasteiger partial charge >= 0.3 is 6.03 Å². The van der Waals surface area contributed by atoms with Crippen molar-refractivity contribution in [3.05, 3.63) is 60.1 Å². The zero-order valence-electron chi connectivity index (χ0n) is 13.4. The zero-order valence-corrected chi connectivity index (χ0v) is 13.4. The van der Waals surface area contributed by atoms with Gasteiger partial charge in [0.25, 0.3) is 0 Å². The van der Waals surface area contributed by atoms with Gasteiger partial charge in [0.2, 0.25) is 0 Å². The van der Waals surface area contributed by atoms with Crippen LogP contribution in [0.3, 0.4) is 0 Å². The van der Waals surface area contributed by atoms with Gasteiger partial charge in [-0.1, -0.05) is 30.3 Å². The van der Waals surface area contributed by atoms with Gasteiger partial charge in [0.1, 0.15) is 5.76 Å². The van der Waals surface area contributed by atoms with E-state index in [1.165, 1.54) is 0 Å². The highest BCUT2D eigenvalue weighted by Crippen LogP contribution is 2.22. The standard InChI is InChI=1S/C18H22N2O4/c21-17(14-5-2-1-3-6-14)11-15-13-23-10-8-20(15)18(22)19-12-16-7-4-9-24-16/h1-7,9,15,17,21H,8,10-13H2,(H,19,22). The van der Waals surface area contributed by atoms with E-state index in [0.717, 1.165) is 5.56 Å². The maximum atomic E-state index is 12.5. The van der Waals surface area contributed by atoms with Crippen LogP contribution < -0.4 is 5.32 Å². The number of ether oxygens (including phenoxy) is 1. The van der Waals surface area contributed by atoms with Crippen LogP contribution in [0.5, 0.6) is 0 Å². The number of benzene rings is 1. The number of furan rings is 1. The Morgan fingerprint density at radius 1 is 1.29 bits per heavy atom. The minimum absolute atomic E-state index is 0.162. The molecule has 2 heterocycles. The van der Waals surface area contributed by atoms with E-state index in [1.54, 1.807) is 17.2 Å². The monoisotopic (exact) mass is 330 g/mol. The summed E-state index contributed by atoms with van der Waals surface area (Å²) in [5.74, 6) is 0.706. The molecular weight excluding hydrogens is 308 g/mol. The van der Waals surface area contributed by atoms with E-state index in [4.69, 9.17) is 9.15 Å². The number of morpholine rings is 1. The molecule has 1 aromatic carbocycles. The molecule has 1 aromatic heterocycles. The molecule has 0 saturated carbocycles. The first-order valence-corrected chi connectivity index (χ1v) is 8.11. The summed E-state index contributed by atoms with van der Waals surface area (Å²) in [6.45, 7) is 1.79. The average molecular weight is 330 g/mol. The fourth-order valence-electron chi connectivity index (χ4n) is 2.86. The molecule has 6 nitrogen and oxygen atoms in total. The lowest BCUT2D eigenvalue weighted by Crippen LogP contribution is -2.52. The van der Waals surface area contributed by atoms with Crippen molar-refractivity contribution in [3.63, 3.8) is 0 Å². The Morgan fingerprint density at radius 3 is 2.88 bits per heavy atom. The number of hydrogen-bond donors (Lipinski definition) is 2. The fourth-order valence-corrected chi connectivity index (χ4v) is 2.86. The van der Waals surface area contributed by atoms with Crippen molar-refractivity contribution in [2.24, 2.45) is 0 Å². The smallest absolute Gasteiger partial charge is 0.318 e. The highest BCUT2D eigenvalue weighted by Gasteiger charge is 2.29. The number of aliphatic hydroxyl groups is 1. The number of urea groups is 1. The predicted octanol–water partition coefficient (Wildman–Crippen LogP) is 2.31. The van der Waals surface area contributed by atoms with Crippen LogP contribution in [0.1, 0.15) is 23.8 Å². The molecule has 1 aliphatic heterocycles. The minimum Gasteiger partial charge on any atom is -0.467 e. The number of aliphatic hydroxyl groups excluding tert-OH is 1. The van der Waals surface area contributed by atoms with Crippen molar-refractivity contribution in [3.8, 4) is 0 Å². The average Bonchev–Trinajstić information content (AvgIpc) is 3.14. The molecule has 2 amide bonds. The predicted molar refractivity (Wildman–Crippen MR) is 88.3 cm³/mol.